The zero-order valence-electron chi connectivity index (χ0n) is 15.7. The second kappa shape index (κ2) is 7.33. The second-order valence-corrected chi connectivity index (χ2v) is 6.95. The molecule has 1 aliphatic rings. The number of likely N-dealkylation sites (N-methyl/N-ethyl adjacent to an activating group) is 1. The number of ether oxygens (including phenoxy) is 1. The van der Waals surface area contributed by atoms with E-state index < -0.39 is 11.7 Å². The van der Waals surface area contributed by atoms with E-state index in [-0.39, 0.29) is 12.0 Å². The smallest absolute Gasteiger partial charge is 0.296 e. The van der Waals surface area contributed by atoms with E-state index in [9.17, 15) is 9.59 Å². The normalized spacial score (nSPS) is 19.8. The molecule has 2 heterocycles. The van der Waals surface area contributed by atoms with Gasteiger partial charge in [-0.05, 0) is 43.9 Å². The lowest BCUT2D eigenvalue weighted by Crippen LogP contribution is -2.38. The van der Waals surface area contributed by atoms with Crippen LogP contribution in [0.4, 0.5) is 0 Å². The fourth-order valence-corrected chi connectivity index (χ4v) is 3.60. The number of aryl methyl sites for hydroxylation is 1. The van der Waals surface area contributed by atoms with Crippen molar-refractivity contribution in [3.63, 3.8) is 0 Å². The summed E-state index contributed by atoms with van der Waals surface area (Å²) < 4.78 is 6.91. The number of likely N-dealkylation sites (tertiary alicyclic amines) is 1. The number of carbonyl (C=O) groups excluding carboxylic acids is 2. The Morgan fingerprint density at radius 3 is 2.35 bits per heavy atom. The molecule has 2 unspecified atom stereocenters. The third kappa shape index (κ3) is 3.37. The number of amides is 1. The number of hydrogen-bond donors (Lipinski definition) is 0. The average molecular weight is 355 g/mol. The van der Waals surface area contributed by atoms with Crippen molar-refractivity contribution in [3.8, 4) is 5.75 Å². The molecular formula is C20H25N3O3. The van der Waals surface area contributed by atoms with Crippen LogP contribution in [0.25, 0.3) is 0 Å². The van der Waals surface area contributed by atoms with Gasteiger partial charge in [-0.3, -0.25) is 9.59 Å². The van der Waals surface area contributed by atoms with Crippen LogP contribution < -0.4 is 4.74 Å². The molecule has 1 amide bonds. The molecule has 3 rings (SSSR count). The molecule has 138 valence electrons. The zero-order valence-corrected chi connectivity index (χ0v) is 15.7. The van der Waals surface area contributed by atoms with Crippen LogP contribution >= 0.6 is 0 Å². The third-order valence-corrected chi connectivity index (χ3v) is 5.15. The molecular weight excluding hydrogens is 330 g/mol. The minimum Gasteiger partial charge on any atom is -0.497 e. The van der Waals surface area contributed by atoms with Crippen LogP contribution in [0.3, 0.4) is 0 Å². The molecule has 6 nitrogen and oxygen atoms in total. The summed E-state index contributed by atoms with van der Waals surface area (Å²) in [5, 5.41) is 0. The predicted octanol–water partition coefficient (Wildman–Crippen LogP) is 1.77. The summed E-state index contributed by atoms with van der Waals surface area (Å²) in [4.78, 5) is 29.1. The summed E-state index contributed by atoms with van der Waals surface area (Å²) in [7, 11) is 7.43. The van der Waals surface area contributed by atoms with E-state index in [0.29, 0.717) is 18.8 Å². The second-order valence-electron chi connectivity index (χ2n) is 6.95. The molecule has 0 spiro atoms. The van der Waals surface area contributed by atoms with Crippen molar-refractivity contribution in [1.82, 2.24) is 14.4 Å². The first-order valence-corrected chi connectivity index (χ1v) is 8.67. The first-order valence-electron chi connectivity index (χ1n) is 8.67. The van der Waals surface area contributed by atoms with E-state index in [1.165, 1.54) is 0 Å². The van der Waals surface area contributed by atoms with E-state index in [2.05, 4.69) is 4.90 Å². The highest BCUT2D eigenvalue weighted by Gasteiger charge is 2.39. The molecule has 1 saturated heterocycles. The fourth-order valence-electron chi connectivity index (χ4n) is 3.60. The van der Waals surface area contributed by atoms with Crippen molar-refractivity contribution in [2.24, 2.45) is 7.05 Å². The van der Waals surface area contributed by atoms with E-state index in [1.54, 1.807) is 42.0 Å². The number of carbonyl (C=O) groups is 2. The van der Waals surface area contributed by atoms with Gasteiger partial charge in [-0.1, -0.05) is 12.1 Å². The van der Waals surface area contributed by atoms with E-state index in [0.717, 1.165) is 11.3 Å². The van der Waals surface area contributed by atoms with E-state index >= 15 is 0 Å². The third-order valence-electron chi connectivity index (χ3n) is 5.15. The van der Waals surface area contributed by atoms with Crippen LogP contribution in [0.2, 0.25) is 0 Å². The molecule has 0 saturated carbocycles. The van der Waals surface area contributed by atoms with Gasteiger partial charge in [0.1, 0.15) is 5.75 Å². The van der Waals surface area contributed by atoms with Gasteiger partial charge in [-0.15, -0.1) is 0 Å². The summed E-state index contributed by atoms with van der Waals surface area (Å²) in [6.45, 7) is 1.07. The number of ketones is 1. The van der Waals surface area contributed by atoms with Gasteiger partial charge in [0.2, 0.25) is 0 Å². The van der Waals surface area contributed by atoms with Gasteiger partial charge in [-0.2, -0.15) is 0 Å². The quantitative estimate of drug-likeness (QED) is 0.606. The number of aromatic nitrogens is 1. The van der Waals surface area contributed by atoms with Crippen molar-refractivity contribution in [3.05, 3.63) is 53.9 Å². The van der Waals surface area contributed by atoms with Crippen LogP contribution in [0.5, 0.6) is 5.75 Å². The van der Waals surface area contributed by atoms with Crippen molar-refractivity contribution in [2.75, 3.05) is 34.3 Å². The topological polar surface area (TPSA) is 54.8 Å². The van der Waals surface area contributed by atoms with Gasteiger partial charge >= 0.3 is 0 Å². The largest absolute Gasteiger partial charge is 0.497 e. The fraction of sp³-hybridized carbons (Fsp3) is 0.400. The first kappa shape index (κ1) is 18.2. The maximum absolute atomic E-state index is 12.8. The Bertz CT molecular complexity index is 795. The lowest BCUT2D eigenvalue weighted by atomic mass is 9.93. The Morgan fingerprint density at radius 1 is 1.12 bits per heavy atom. The van der Waals surface area contributed by atoms with Gasteiger partial charge in [0.05, 0.1) is 12.8 Å². The predicted molar refractivity (Wildman–Crippen MR) is 99.5 cm³/mol. The van der Waals surface area contributed by atoms with Gasteiger partial charge < -0.3 is 19.1 Å². The van der Waals surface area contributed by atoms with E-state index in [1.807, 2.05) is 38.4 Å². The number of hydrogen-bond acceptors (Lipinski definition) is 4. The van der Waals surface area contributed by atoms with Crippen LogP contribution in [0.1, 0.15) is 22.0 Å². The summed E-state index contributed by atoms with van der Waals surface area (Å²) in [5.74, 6) is 0.0704. The number of rotatable bonds is 5. The minimum atomic E-state index is -0.453. The highest BCUT2D eigenvalue weighted by molar-refractivity contribution is 6.42. The number of Topliss-reactive ketones (excluding diaryl/α,β-unsaturated/α-hetero) is 1. The van der Waals surface area contributed by atoms with Crippen molar-refractivity contribution in [1.29, 1.82) is 0 Å². The van der Waals surface area contributed by atoms with E-state index in [4.69, 9.17) is 4.74 Å². The average Bonchev–Trinajstić information content (AvgIpc) is 3.27. The number of nitrogens with zero attached hydrogens (tertiary/aromatic N) is 3. The Morgan fingerprint density at radius 2 is 1.81 bits per heavy atom. The van der Waals surface area contributed by atoms with Crippen LogP contribution in [-0.4, -0.2) is 66.4 Å². The molecule has 26 heavy (non-hydrogen) atoms. The Hall–Kier alpha value is -2.60. The molecule has 0 N–H and O–H groups in total. The molecule has 1 fully saturated rings. The molecule has 6 heteroatoms. The van der Waals surface area contributed by atoms with Gasteiger partial charge in [0.15, 0.2) is 0 Å². The molecule has 0 radical (unpaired) electrons. The minimum absolute atomic E-state index is 0.154. The van der Waals surface area contributed by atoms with Gasteiger partial charge in [0.25, 0.3) is 11.7 Å². The van der Waals surface area contributed by atoms with Crippen LogP contribution in [-0.2, 0) is 11.8 Å². The first-order chi connectivity index (χ1) is 12.4. The summed E-state index contributed by atoms with van der Waals surface area (Å²) in [6, 6.07) is 11.5. The molecule has 2 aromatic rings. The highest BCUT2D eigenvalue weighted by Crippen LogP contribution is 2.31. The van der Waals surface area contributed by atoms with Crippen molar-refractivity contribution >= 4 is 11.7 Å². The molecule has 1 aromatic heterocycles. The van der Waals surface area contributed by atoms with Crippen LogP contribution in [0, 0.1) is 0 Å². The van der Waals surface area contributed by atoms with Crippen molar-refractivity contribution in [2.45, 2.75) is 12.0 Å². The summed E-state index contributed by atoms with van der Waals surface area (Å²) in [6.07, 6.45) is 1.77. The lowest BCUT2D eigenvalue weighted by molar-refractivity contribution is -0.125. The Kier molecular flexibility index (Phi) is 5.13. The summed E-state index contributed by atoms with van der Waals surface area (Å²) in [5.41, 5.74) is 1.57. The molecule has 2 atom stereocenters. The maximum Gasteiger partial charge on any atom is 0.296 e. The maximum atomic E-state index is 12.8. The monoisotopic (exact) mass is 355 g/mol. The SMILES string of the molecule is COc1ccc(C2CN(C(=O)C(=O)c3cccn3C)CC2N(C)C)cc1. The molecule has 1 aliphatic heterocycles. The van der Waals surface area contributed by atoms with Gasteiger partial charge in [0, 0.05) is 38.3 Å². The van der Waals surface area contributed by atoms with Gasteiger partial charge in [-0.25, -0.2) is 0 Å². The summed E-state index contributed by atoms with van der Waals surface area (Å²) >= 11 is 0. The van der Waals surface area contributed by atoms with Crippen LogP contribution in [0.15, 0.2) is 42.6 Å². The standard InChI is InChI=1S/C20H25N3O3/c1-21(2)18-13-23(20(25)19(24)17-6-5-11-22(17)3)12-16(18)14-7-9-15(26-4)10-8-14/h5-11,16,18H,12-13H2,1-4H3. The zero-order chi connectivity index (χ0) is 18.8. The molecule has 0 aliphatic carbocycles. The number of methoxy groups -OCH3 is 1. The Labute approximate surface area is 154 Å². The Balaban J connectivity index is 1.81. The molecule has 0 bridgehead atoms. The highest BCUT2D eigenvalue weighted by atomic mass is 16.5. The number of benzene rings is 1. The molecule has 1 aromatic carbocycles. The van der Waals surface area contributed by atoms with Crippen molar-refractivity contribution < 1.29 is 14.3 Å². The lowest BCUT2D eigenvalue weighted by Gasteiger charge is -2.25.